The number of hydrogen-bond acceptors (Lipinski definition) is 4. The summed E-state index contributed by atoms with van der Waals surface area (Å²) in [6.45, 7) is 1.90. The number of piperidine rings is 1. The molecule has 5 rings (SSSR count). The van der Waals surface area contributed by atoms with Gasteiger partial charge in [-0.1, -0.05) is 18.2 Å². The Hall–Kier alpha value is -3.08. The second kappa shape index (κ2) is 6.58. The summed E-state index contributed by atoms with van der Waals surface area (Å²) in [6.07, 6.45) is 3.34. The van der Waals surface area contributed by atoms with E-state index < -0.39 is 0 Å². The van der Waals surface area contributed by atoms with Gasteiger partial charge in [0.15, 0.2) is 11.5 Å². The van der Waals surface area contributed by atoms with Crippen molar-refractivity contribution in [3.63, 3.8) is 0 Å². The minimum absolute atomic E-state index is 0.0929. The van der Waals surface area contributed by atoms with Crippen molar-refractivity contribution >= 4 is 16.8 Å². The molecule has 0 spiro atoms. The van der Waals surface area contributed by atoms with Crippen LogP contribution in [0.1, 0.15) is 29.6 Å². The smallest absolute Gasteiger partial charge is 0.254 e. The third kappa shape index (κ3) is 2.89. The van der Waals surface area contributed by atoms with Crippen LogP contribution in [-0.4, -0.2) is 35.7 Å². The van der Waals surface area contributed by atoms with Gasteiger partial charge < -0.3 is 14.4 Å². The minimum Gasteiger partial charge on any atom is -0.454 e. The predicted molar refractivity (Wildman–Crippen MR) is 103 cm³/mol. The quantitative estimate of drug-likeness (QED) is 0.685. The fourth-order valence-corrected chi connectivity index (χ4v) is 3.82. The fourth-order valence-electron chi connectivity index (χ4n) is 3.82. The molecule has 5 nitrogen and oxygen atoms in total. The maximum absolute atomic E-state index is 13.2. The number of benzene rings is 2. The van der Waals surface area contributed by atoms with Gasteiger partial charge in [0.25, 0.3) is 5.91 Å². The summed E-state index contributed by atoms with van der Waals surface area (Å²) in [4.78, 5) is 20.0. The van der Waals surface area contributed by atoms with E-state index in [0.29, 0.717) is 5.75 Å². The Morgan fingerprint density at radius 1 is 0.926 bits per heavy atom. The van der Waals surface area contributed by atoms with Gasteiger partial charge >= 0.3 is 0 Å². The summed E-state index contributed by atoms with van der Waals surface area (Å²) in [5.74, 6) is 1.55. The molecular weight excluding hydrogens is 340 g/mol. The lowest BCUT2D eigenvalue weighted by Crippen LogP contribution is -2.35. The van der Waals surface area contributed by atoms with Gasteiger partial charge in [-0.15, -0.1) is 0 Å². The minimum atomic E-state index is 0.0929. The van der Waals surface area contributed by atoms with Gasteiger partial charge in [-0.05, 0) is 49.6 Å². The highest BCUT2D eigenvalue weighted by molar-refractivity contribution is 6.07. The topological polar surface area (TPSA) is 51.7 Å². The van der Waals surface area contributed by atoms with Crippen molar-refractivity contribution in [2.24, 2.45) is 0 Å². The van der Waals surface area contributed by atoms with Crippen LogP contribution in [-0.2, 0) is 0 Å². The molecule has 0 aliphatic carbocycles. The molecule has 3 aromatic rings. The van der Waals surface area contributed by atoms with Crippen molar-refractivity contribution in [2.45, 2.75) is 19.3 Å². The molecule has 1 saturated heterocycles. The first kappa shape index (κ1) is 16.1. The molecule has 3 heterocycles. The average molecular weight is 360 g/mol. The average Bonchev–Trinajstić information content (AvgIpc) is 3.21. The number of carbonyl (C=O) groups excluding carboxylic acids is 1. The number of pyridine rings is 1. The SMILES string of the molecule is O=C(c1cc(-c2ccc3c(c2)OCO3)nc2ccccc12)N1CCCCC1. The van der Waals surface area contributed by atoms with Crippen LogP contribution in [0.4, 0.5) is 0 Å². The van der Waals surface area contributed by atoms with Gasteiger partial charge in [0.05, 0.1) is 16.8 Å². The van der Waals surface area contributed by atoms with Gasteiger partial charge in [0.2, 0.25) is 6.79 Å². The number of para-hydroxylation sites is 1. The van der Waals surface area contributed by atoms with E-state index in [1.165, 1.54) is 6.42 Å². The highest BCUT2D eigenvalue weighted by atomic mass is 16.7. The van der Waals surface area contributed by atoms with E-state index in [4.69, 9.17) is 14.5 Å². The molecule has 136 valence electrons. The maximum atomic E-state index is 13.2. The zero-order valence-electron chi connectivity index (χ0n) is 15.0. The first-order valence-electron chi connectivity index (χ1n) is 9.39. The van der Waals surface area contributed by atoms with Crippen LogP contribution >= 0.6 is 0 Å². The van der Waals surface area contributed by atoms with Crippen molar-refractivity contribution in [3.8, 4) is 22.8 Å². The fraction of sp³-hybridized carbons (Fsp3) is 0.273. The summed E-state index contributed by atoms with van der Waals surface area (Å²) in [5.41, 5.74) is 3.23. The van der Waals surface area contributed by atoms with E-state index in [0.717, 1.165) is 59.4 Å². The lowest BCUT2D eigenvalue weighted by atomic mass is 10.0. The van der Waals surface area contributed by atoms with Crippen LogP contribution in [0.5, 0.6) is 11.5 Å². The van der Waals surface area contributed by atoms with Crippen molar-refractivity contribution in [1.29, 1.82) is 0 Å². The summed E-state index contributed by atoms with van der Waals surface area (Å²) >= 11 is 0. The van der Waals surface area contributed by atoms with Crippen LogP contribution in [0.25, 0.3) is 22.2 Å². The number of fused-ring (bicyclic) bond motifs is 2. The predicted octanol–water partition coefficient (Wildman–Crippen LogP) is 4.26. The number of nitrogens with zero attached hydrogens (tertiary/aromatic N) is 2. The summed E-state index contributed by atoms with van der Waals surface area (Å²) in [7, 11) is 0. The summed E-state index contributed by atoms with van der Waals surface area (Å²) in [5, 5.41) is 0.901. The Labute approximate surface area is 157 Å². The molecule has 2 aliphatic heterocycles. The Balaban J connectivity index is 1.63. The molecule has 2 aliphatic rings. The van der Waals surface area contributed by atoms with Gasteiger partial charge in [-0.3, -0.25) is 4.79 Å². The molecule has 2 aromatic carbocycles. The van der Waals surface area contributed by atoms with Crippen molar-refractivity contribution < 1.29 is 14.3 Å². The number of hydrogen-bond donors (Lipinski definition) is 0. The monoisotopic (exact) mass is 360 g/mol. The largest absolute Gasteiger partial charge is 0.454 e. The molecule has 0 radical (unpaired) electrons. The standard InChI is InChI=1S/C22H20N2O3/c25-22(24-10-4-1-5-11-24)17-13-19(23-18-7-3-2-6-16(17)18)15-8-9-20-21(12-15)27-14-26-20/h2-3,6-9,12-13H,1,4-5,10-11,14H2. The molecule has 1 fully saturated rings. The van der Waals surface area contributed by atoms with Crippen LogP contribution in [0, 0.1) is 0 Å². The van der Waals surface area contributed by atoms with Gasteiger partial charge in [0.1, 0.15) is 0 Å². The first-order valence-corrected chi connectivity index (χ1v) is 9.39. The first-order chi connectivity index (χ1) is 13.3. The van der Waals surface area contributed by atoms with E-state index in [1.54, 1.807) is 0 Å². The molecule has 0 atom stereocenters. The summed E-state index contributed by atoms with van der Waals surface area (Å²) < 4.78 is 10.9. The van der Waals surface area contributed by atoms with Gasteiger partial charge in [0, 0.05) is 24.0 Å². The Kier molecular flexibility index (Phi) is 3.93. The van der Waals surface area contributed by atoms with Crippen molar-refractivity contribution in [3.05, 3.63) is 54.1 Å². The summed E-state index contributed by atoms with van der Waals surface area (Å²) in [6, 6.07) is 15.5. The molecule has 1 aromatic heterocycles. The van der Waals surface area contributed by atoms with E-state index in [1.807, 2.05) is 53.4 Å². The molecule has 1 amide bonds. The Morgan fingerprint density at radius 2 is 1.74 bits per heavy atom. The number of likely N-dealkylation sites (tertiary alicyclic amines) is 1. The number of carbonyl (C=O) groups is 1. The van der Waals surface area contributed by atoms with E-state index >= 15 is 0 Å². The zero-order valence-corrected chi connectivity index (χ0v) is 15.0. The number of rotatable bonds is 2. The molecule has 5 heteroatoms. The Morgan fingerprint density at radius 3 is 2.63 bits per heavy atom. The highest BCUT2D eigenvalue weighted by Gasteiger charge is 2.22. The maximum Gasteiger partial charge on any atom is 0.254 e. The van der Waals surface area contributed by atoms with Crippen LogP contribution in [0.3, 0.4) is 0 Å². The normalized spacial score (nSPS) is 15.9. The third-order valence-corrected chi connectivity index (χ3v) is 5.26. The number of aromatic nitrogens is 1. The third-order valence-electron chi connectivity index (χ3n) is 5.26. The van der Waals surface area contributed by atoms with Crippen LogP contribution in [0.2, 0.25) is 0 Å². The van der Waals surface area contributed by atoms with E-state index in [9.17, 15) is 4.79 Å². The number of ether oxygens (including phenoxy) is 2. The molecular formula is C22H20N2O3. The van der Waals surface area contributed by atoms with Crippen LogP contribution < -0.4 is 9.47 Å². The van der Waals surface area contributed by atoms with Gasteiger partial charge in [-0.25, -0.2) is 4.98 Å². The molecule has 0 saturated carbocycles. The molecule has 27 heavy (non-hydrogen) atoms. The van der Waals surface area contributed by atoms with E-state index in [-0.39, 0.29) is 12.7 Å². The molecule has 0 unspecified atom stereocenters. The lowest BCUT2D eigenvalue weighted by molar-refractivity contribution is 0.0726. The zero-order chi connectivity index (χ0) is 18.2. The lowest BCUT2D eigenvalue weighted by Gasteiger charge is -2.27. The molecule has 0 N–H and O–H groups in total. The Bertz CT molecular complexity index is 1030. The number of amides is 1. The second-order valence-electron chi connectivity index (χ2n) is 6.99. The van der Waals surface area contributed by atoms with E-state index in [2.05, 4.69) is 0 Å². The highest BCUT2D eigenvalue weighted by Crippen LogP contribution is 2.36. The van der Waals surface area contributed by atoms with Gasteiger partial charge in [-0.2, -0.15) is 0 Å². The van der Waals surface area contributed by atoms with Crippen molar-refractivity contribution in [1.82, 2.24) is 9.88 Å². The van der Waals surface area contributed by atoms with Crippen molar-refractivity contribution in [2.75, 3.05) is 19.9 Å². The second-order valence-corrected chi connectivity index (χ2v) is 6.99. The van der Waals surface area contributed by atoms with Crippen LogP contribution in [0.15, 0.2) is 48.5 Å². The molecule has 0 bridgehead atoms.